The van der Waals surface area contributed by atoms with Gasteiger partial charge in [0, 0.05) is 31.9 Å². The Labute approximate surface area is 124 Å². The fourth-order valence-corrected chi connectivity index (χ4v) is 2.21. The molecule has 1 fully saturated rings. The van der Waals surface area contributed by atoms with Crippen LogP contribution in [0.1, 0.15) is 42.9 Å². The van der Waals surface area contributed by atoms with E-state index in [-0.39, 0.29) is 12.0 Å². The van der Waals surface area contributed by atoms with Crippen molar-refractivity contribution in [2.45, 2.75) is 26.7 Å². The Morgan fingerprint density at radius 2 is 1.90 bits per heavy atom. The first-order valence-electron chi connectivity index (χ1n) is 7.29. The minimum Gasteiger partial charge on any atom is -0.450 e. The van der Waals surface area contributed by atoms with Crippen molar-refractivity contribution in [2.24, 2.45) is 0 Å². The summed E-state index contributed by atoms with van der Waals surface area (Å²) in [7, 11) is 0. The second kappa shape index (κ2) is 6.60. The number of amides is 2. The monoisotopic (exact) mass is 294 g/mol. The van der Waals surface area contributed by atoms with E-state index < -0.39 is 0 Å². The fraction of sp³-hybridized carbons (Fsp3) is 0.643. The number of carbonyl (C=O) groups excluding carboxylic acids is 2. The number of nitrogens with zero attached hydrogens (tertiary/aromatic N) is 3. The van der Waals surface area contributed by atoms with Crippen LogP contribution in [0.4, 0.5) is 4.79 Å². The zero-order chi connectivity index (χ0) is 15.4. The fourth-order valence-electron chi connectivity index (χ4n) is 2.21. The molecule has 7 nitrogen and oxygen atoms in total. The van der Waals surface area contributed by atoms with E-state index >= 15 is 0 Å². The molecule has 1 aromatic heterocycles. The van der Waals surface area contributed by atoms with Gasteiger partial charge in [0.2, 0.25) is 0 Å². The number of rotatable bonds is 3. The van der Waals surface area contributed by atoms with E-state index in [1.54, 1.807) is 22.8 Å². The molecule has 2 heterocycles. The standard InChI is InChI=1S/C14H22N4O3/c1-4-21-14(20)18-7-5-17(6-8-18)13(19)12-9-11(10(2)3)15-16-12/h9-10H,4-8H2,1-3H3,(H,15,16). The van der Waals surface area contributed by atoms with Crippen molar-refractivity contribution in [3.63, 3.8) is 0 Å². The minimum atomic E-state index is -0.313. The molecule has 1 aromatic rings. The highest BCUT2D eigenvalue weighted by molar-refractivity contribution is 5.92. The predicted octanol–water partition coefficient (Wildman–Crippen LogP) is 1.45. The molecule has 116 valence electrons. The largest absolute Gasteiger partial charge is 0.450 e. The summed E-state index contributed by atoms with van der Waals surface area (Å²) in [5.74, 6) is 0.210. The van der Waals surface area contributed by atoms with Gasteiger partial charge in [-0.25, -0.2) is 4.79 Å². The van der Waals surface area contributed by atoms with Gasteiger partial charge in [-0.3, -0.25) is 9.89 Å². The van der Waals surface area contributed by atoms with Crippen molar-refractivity contribution in [3.8, 4) is 0 Å². The molecule has 1 aliphatic heterocycles. The van der Waals surface area contributed by atoms with Crippen molar-refractivity contribution in [3.05, 3.63) is 17.5 Å². The third kappa shape index (κ3) is 3.53. The van der Waals surface area contributed by atoms with Gasteiger partial charge in [0.25, 0.3) is 5.91 Å². The lowest BCUT2D eigenvalue weighted by atomic mass is 10.1. The number of ether oxygens (including phenoxy) is 1. The molecule has 0 aromatic carbocycles. The van der Waals surface area contributed by atoms with Gasteiger partial charge in [-0.1, -0.05) is 13.8 Å². The van der Waals surface area contributed by atoms with Crippen LogP contribution in [0.3, 0.4) is 0 Å². The number of carbonyl (C=O) groups is 2. The molecule has 0 radical (unpaired) electrons. The van der Waals surface area contributed by atoms with Crippen LogP contribution < -0.4 is 0 Å². The molecule has 0 saturated carbocycles. The molecular formula is C14H22N4O3. The average molecular weight is 294 g/mol. The van der Waals surface area contributed by atoms with Crippen LogP contribution in [0, 0.1) is 0 Å². The quantitative estimate of drug-likeness (QED) is 0.915. The molecule has 21 heavy (non-hydrogen) atoms. The zero-order valence-electron chi connectivity index (χ0n) is 12.8. The van der Waals surface area contributed by atoms with Crippen molar-refractivity contribution < 1.29 is 14.3 Å². The van der Waals surface area contributed by atoms with Gasteiger partial charge in [-0.2, -0.15) is 5.10 Å². The van der Waals surface area contributed by atoms with E-state index in [9.17, 15) is 9.59 Å². The number of piperazine rings is 1. The third-order valence-electron chi connectivity index (χ3n) is 3.53. The zero-order valence-corrected chi connectivity index (χ0v) is 12.8. The summed E-state index contributed by atoms with van der Waals surface area (Å²) in [6.45, 7) is 8.21. The Morgan fingerprint density at radius 3 is 2.43 bits per heavy atom. The number of aromatic amines is 1. The first-order valence-corrected chi connectivity index (χ1v) is 7.29. The van der Waals surface area contributed by atoms with Gasteiger partial charge in [0.05, 0.1) is 6.61 Å². The first kappa shape index (κ1) is 15.3. The van der Waals surface area contributed by atoms with E-state index in [4.69, 9.17) is 4.74 Å². The van der Waals surface area contributed by atoms with E-state index in [0.29, 0.717) is 44.4 Å². The first-order chi connectivity index (χ1) is 10.0. The smallest absolute Gasteiger partial charge is 0.409 e. The molecule has 0 unspecified atom stereocenters. The van der Waals surface area contributed by atoms with E-state index in [0.717, 1.165) is 5.69 Å². The highest BCUT2D eigenvalue weighted by Crippen LogP contribution is 2.14. The van der Waals surface area contributed by atoms with Crippen LogP contribution in [-0.2, 0) is 4.74 Å². The molecule has 0 atom stereocenters. The Bertz CT molecular complexity index is 504. The van der Waals surface area contributed by atoms with Gasteiger partial charge in [-0.15, -0.1) is 0 Å². The maximum Gasteiger partial charge on any atom is 0.409 e. The summed E-state index contributed by atoms with van der Waals surface area (Å²) in [6, 6.07) is 1.80. The normalized spacial score (nSPS) is 15.4. The summed E-state index contributed by atoms with van der Waals surface area (Å²) < 4.78 is 4.96. The van der Waals surface area contributed by atoms with E-state index in [2.05, 4.69) is 10.2 Å². The van der Waals surface area contributed by atoms with Crippen LogP contribution in [0.2, 0.25) is 0 Å². The summed E-state index contributed by atoms with van der Waals surface area (Å²) in [4.78, 5) is 27.3. The number of H-pyrrole nitrogens is 1. The lowest BCUT2D eigenvalue weighted by Gasteiger charge is -2.33. The number of nitrogens with one attached hydrogen (secondary N) is 1. The highest BCUT2D eigenvalue weighted by atomic mass is 16.6. The minimum absolute atomic E-state index is 0.0957. The summed E-state index contributed by atoms with van der Waals surface area (Å²) in [5.41, 5.74) is 1.38. The molecule has 2 amide bonds. The van der Waals surface area contributed by atoms with Crippen molar-refractivity contribution in [1.82, 2.24) is 20.0 Å². The average Bonchev–Trinajstić information content (AvgIpc) is 2.97. The second-order valence-corrected chi connectivity index (χ2v) is 5.34. The number of hydrogen-bond acceptors (Lipinski definition) is 4. The summed E-state index contributed by atoms with van der Waals surface area (Å²) in [6.07, 6.45) is -0.313. The van der Waals surface area contributed by atoms with Gasteiger partial charge < -0.3 is 14.5 Å². The summed E-state index contributed by atoms with van der Waals surface area (Å²) in [5, 5.41) is 6.96. The third-order valence-corrected chi connectivity index (χ3v) is 3.53. The number of hydrogen-bond donors (Lipinski definition) is 1. The Hall–Kier alpha value is -2.05. The van der Waals surface area contributed by atoms with Gasteiger partial charge in [-0.05, 0) is 18.9 Å². The molecule has 0 spiro atoms. The maximum atomic E-state index is 12.3. The Morgan fingerprint density at radius 1 is 1.29 bits per heavy atom. The van der Waals surface area contributed by atoms with Gasteiger partial charge in [0.15, 0.2) is 0 Å². The van der Waals surface area contributed by atoms with Crippen molar-refractivity contribution in [2.75, 3.05) is 32.8 Å². The molecule has 1 saturated heterocycles. The Kier molecular flexibility index (Phi) is 4.82. The van der Waals surface area contributed by atoms with Crippen molar-refractivity contribution in [1.29, 1.82) is 0 Å². The Balaban J connectivity index is 1.92. The molecule has 0 bridgehead atoms. The second-order valence-electron chi connectivity index (χ2n) is 5.34. The number of aromatic nitrogens is 2. The molecule has 2 rings (SSSR count). The van der Waals surface area contributed by atoms with Crippen molar-refractivity contribution >= 4 is 12.0 Å². The molecule has 1 N–H and O–H groups in total. The lowest BCUT2D eigenvalue weighted by Crippen LogP contribution is -2.50. The maximum absolute atomic E-state index is 12.3. The highest BCUT2D eigenvalue weighted by Gasteiger charge is 2.26. The lowest BCUT2D eigenvalue weighted by molar-refractivity contribution is 0.0566. The van der Waals surface area contributed by atoms with Crippen LogP contribution in [0.5, 0.6) is 0 Å². The van der Waals surface area contributed by atoms with Crippen LogP contribution in [0.25, 0.3) is 0 Å². The SMILES string of the molecule is CCOC(=O)N1CCN(C(=O)c2cc(C(C)C)[nH]n2)CC1. The van der Waals surface area contributed by atoms with Crippen LogP contribution >= 0.6 is 0 Å². The molecular weight excluding hydrogens is 272 g/mol. The van der Waals surface area contributed by atoms with E-state index in [1.165, 1.54) is 0 Å². The molecule has 7 heteroatoms. The van der Waals surface area contributed by atoms with E-state index in [1.807, 2.05) is 13.8 Å². The molecule has 0 aliphatic carbocycles. The predicted molar refractivity (Wildman–Crippen MR) is 77.2 cm³/mol. The van der Waals surface area contributed by atoms with Crippen LogP contribution in [-0.4, -0.2) is 64.8 Å². The summed E-state index contributed by atoms with van der Waals surface area (Å²) >= 11 is 0. The van der Waals surface area contributed by atoms with Gasteiger partial charge >= 0.3 is 6.09 Å². The van der Waals surface area contributed by atoms with Gasteiger partial charge in [0.1, 0.15) is 5.69 Å². The van der Waals surface area contributed by atoms with Crippen LogP contribution in [0.15, 0.2) is 6.07 Å². The topological polar surface area (TPSA) is 78.5 Å². The molecule has 1 aliphatic rings.